The number of carbonyl (C=O) groups excluding carboxylic acids is 1. The largest absolute Gasteiger partial charge is 0.348 e. The van der Waals surface area contributed by atoms with Gasteiger partial charge in [-0.3, -0.25) is 4.79 Å². The summed E-state index contributed by atoms with van der Waals surface area (Å²) in [6.07, 6.45) is 7.90. The summed E-state index contributed by atoms with van der Waals surface area (Å²) in [4.78, 5) is 12.3. The SMILES string of the molecule is CC1CCC(NC(=O)c2cc(Br)cn2C2CC2)C1. The fourth-order valence-corrected chi connectivity index (χ4v) is 3.32. The van der Waals surface area contributed by atoms with E-state index in [0.717, 1.165) is 28.9 Å². The Morgan fingerprint density at radius 2 is 2.17 bits per heavy atom. The van der Waals surface area contributed by atoms with Crippen molar-refractivity contribution in [1.29, 1.82) is 0 Å². The van der Waals surface area contributed by atoms with Crippen LogP contribution in [0.15, 0.2) is 16.7 Å². The molecule has 1 amide bonds. The van der Waals surface area contributed by atoms with Crippen molar-refractivity contribution in [2.24, 2.45) is 5.92 Å². The van der Waals surface area contributed by atoms with Crippen molar-refractivity contribution in [3.63, 3.8) is 0 Å². The Kier molecular flexibility index (Phi) is 3.22. The molecule has 0 radical (unpaired) electrons. The molecular weight excluding hydrogens is 292 g/mol. The maximum atomic E-state index is 12.3. The van der Waals surface area contributed by atoms with Crippen LogP contribution in [0.25, 0.3) is 0 Å². The number of aromatic nitrogens is 1. The van der Waals surface area contributed by atoms with Gasteiger partial charge in [0, 0.05) is 22.8 Å². The fourth-order valence-electron chi connectivity index (χ4n) is 2.88. The van der Waals surface area contributed by atoms with Gasteiger partial charge < -0.3 is 9.88 Å². The zero-order chi connectivity index (χ0) is 12.7. The van der Waals surface area contributed by atoms with E-state index in [1.807, 2.05) is 12.3 Å². The van der Waals surface area contributed by atoms with Gasteiger partial charge >= 0.3 is 0 Å². The molecule has 1 N–H and O–H groups in total. The lowest BCUT2D eigenvalue weighted by Gasteiger charge is -2.13. The third-order valence-electron chi connectivity index (χ3n) is 4.02. The summed E-state index contributed by atoms with van der Waals surface area (Å²) < 4.78 is 3.12. The summed E-state index contributed by atoms with van der Waals surface area (Å²) in [5, 5.41) is 3.18. The summed E-state index contributed by atoms with van der Waals surface area (Å²) in [5.74, 6) is 0.837. The van der Waals surface area contributed by atoms with Gasteiger partial charge in [0.15, 0.2) is 0 Å². The molecule has 0 aromatic carbocycles. The number of nitrogens with zero attached hydrogens (tertiary/aromatic N) is 1. The molecule has 0 aliphatic heterocycles. The van der Waals surface area contributed by atoms with Crippen LogP contribution < -0.4 is 5.32 Å². The first kappa shape index (κ1) is 12.3. The maximum Gasteiger partial charge on any atom is 0.268 e. The summed E-state index contributed by atoms with van der Waals surface area (Å²) in [5.41, 5.74) is 0.809. The minimum Gasteiger partial charge on any atom is -0.348 e. The highest BCUT2D eigenvalue weighted by atomic mass is 79.9. The van der Waals surface area contributed by atoms with E-state index in [-0.39, 0.29) is 5.91 Å². The van der Waals surface area contributed by atoms with Crippen LogP contribution in [-0.4, -0.2) is 16.5 Å². The van der Waals surface area contributed by atoms with E-state index in [9.17, 15) is 4.79 Å². The van der Waals surface area contributed by atoms with Gasteiger partial charge in [0.05, 0.1) is 0 Å². The van der Waals surface area contributed by atoms with E-state index in [2.05, 4.69) is 32.7 Å². The third kappa shape index (κ3) is 2.48. The Hall–Kier alpha value is -0.770. The van der Waals surface area contributed by atoms with Crippen molar-refractivity contribution in [1.82, 2.24) is 9.88 Å². The predicted octanol–water partition coefficient (Wildman–Crippen LogP) is 3.50. The highest BCUT2D eigenvalue weighted by Gasteiger charge is 2.29. The van der Waals surface area contributed by atoms with Gasteiger partial charge in [-0.15, -0.1) is 0 Å². The molecule has 2 saturated carbocycles. The second-order valence-corrected chi connectivity index (χ2v) is 6.69. The van der Waals surface area contributed by atoms with Gasteiger partial charge in [0.2, 0.25) is 0 Å². The third-order valence-corrected chi connectivity index (χ3v) is 4.45. The monoisotopic (exact) mass is 310 g/mol. The van der Waals surface area contributed by atoms with E-state index in [4.69, 9.17) is 0 Å². The second kappa shape index (κ2) is 4.72. The van der Waals surface area contributed by atoms with Crippen molar-refractivity contribution in [3.05, 3.63) is 22.4 Å². The van der Waals surface area contributed by atoms with Gasteiger partial charge in [0.1, 0.15) is 5.69 Å². The summed E-state index contributed by atoms with van der Waals surface area (Å²) >= 11 is 3.47. The molecule has 18 heavy (non-hydrogen) atoms. The average Bonchev–Trinajstić information content (AvgIpc) is 2.98. The van der Waals surface area contributed by atoms with Gasteiger partial charge in [-0.05, 0) is 60.0 Å². The average molecular weight is 311 g/mol. The van der Waals surface area contributed by atoms with Gasteiger partial charge in [0.25, 0.3) is 5.91 Å². The van der Waals surface area contributed by atoms with E-state index >= 15 is 0 Å². The van der Waals surface area contributed by atoms with E-state index in [1.165, 1.54) is 19.3 Å². The topological polar surface area (TPSA) is 34.0 Å². The van der Waals surface area contributed by atoms with Crippen LogP contribution >= 0.6 is 15.9 Å². The van der Waals surface area contributed by atoms with E-state index in [1.54, 1.807) is 0 Å². The molecule has 98 valence electrons. The van der Waals surface area contributed by atoms with Crippen molar-refractivity contribution < 1.29 is 4.79 Å². The molecule has 0 saturated heterocycles. The summed E-state index contributed by atoms with van der Waals surface area (Å²) in [6.45, 7) is 2.26. The first-order chi connectivity index (χ1) is 8.63. The molecule has 3 rings (SSSR count). The van der Waals surface area contributed by atoms with E-state index in [0.29, 0.717) is 12.1 Å². The molecule has 4 heteroatoms. The number of hydrogen-bond donors (Lipinski definition) is 1. The molecule has 3 nitrogen and oxygen atoms in total. The molecular formula is C14H19BrN2O. The van der Waals surface area contributed by atoms with Crippen molar-refractivity contribution in [3.8, 4) is 0 Å². The van der Waals surface area contributed by atoms with Gasteiger partial charge in [-0.25, -0.2) is 0 Å². The number of nitrogens with one attached hydrogen (secondary N) is 1. The molecule has 0 bridgehead atoms. The number of carbonyl (C=O) groups is 1. The summed E-state index contributed by atoms with van der Waals surface area (Å²) in [6, 6.07) is 2.85. The van der Waals surface area contributed by atoms with Crippen molar-refractivity contribution in [2.45, 2.75) is 51.1 Å². The lowest BCUT2D eigenvalue weighted by Crippen LogP contribution is -2.34. The van der Waals surface area contributed by atoms with Crippen LogP contribution in [-0.2, 0) is 0 Å². The number of amides is 1. The molecule has 2 atom stereocenters. The Balaban J connectivity index is 1.71. The quantitative estimate of drug-likeness (QED) is 0.911. The van der Waals surface area contributed by atoms with Gasteiger partial charge in [-0.2, -0.15) is 0 Å². The Bertz CT molecular complexity index is 464. The smallest absolute Gasteiger partial charge is 0.268 e. The zero-order valence-corrected chi connectivity index (χ0v) is 12.2. The molecule has 2 unspecified atom stereocenters. The molecule has 1 aromatic heterocycles. The predicted molar refractivity (Wildman–Crippen MR) is 74.7 cm³/mol. The Morgan fingerprint density at radius 3 is 2.78 bits per heavy atom. The highest BCUT2D eigenvalue weighted by Crippen LogP contribution is 2.37. The number of rotatable bonds is 3. The molecule has 2 aliphatic carbocycles. The zero-order valence-electron chi connectivity index (χ0n) is 10.7. The van der Waals surface area contributed by atoms with Crippen LogP contribution in [0, 0.1) is 5.92 Å². The normalized spacial score (nSPS) is 27.4. The lowest BCUT2D eigenvalue weighted by atomic mass is 10.1. The fraction of sp³-hybridized carbons (Fsp3) is 0.643. The van der Waals surface area contributed by atoms with Crippen molar-refractivity contribution >= 4 is 21.8 Å². The number of hydrogen-bond acceptors (Lipinski definition) is 1. The Morgan fingerprint density at radius 1 is 1.39 bits per heavy atom. The minimum absolute atomic E-state index is 0.0895. The Labute approximate surface area is 116 Å². The van der Waals surface area contributed by atoms with Crippen LogP contribution in [0.4, 0.5) is 0 Å². The molecule has 1 heterocycles. The standard InChI is InChI=1S/C14H19BrN2O/c1-9-2-3-11(6-9)16-14(18)13-7-10(15)8-17(13)12-4-5-12/h7-9,11-12H,2-6H2,1H3,(H,16,18). The molecule has 2 fully saturated rings. The van der Waals surface area contributed by atoms with Crippen LogP contribution in [0.1, 0.15) is 55.6 Å². The van der Waals surface area contributed by atoms with Crippen LogP contribution in [0.2, 0.25) is 0 Å². The lowest BCUT2D eigenvalue weighted by molar-refractivity contribution is 0.0927. The first-order valence-electron chi connectivity index (χ1n) is 6.81. The highest BCUT2D eigenvalue weighted by molar-refractivity contribution is 9.10. The van der Waals surface area contributed by atoms with E-state index < -0.39 is 0 Å². The molecule has 0 spiro atoms. The van der Waals surface area contributed by atoms with Crippen molar-refractivity contribution in [2.75, 3.05) is 0 Å². The second-order valence-electron chi connectivity index (χ2n) is 5.77. The molecule has 1 aromatic rings. The number of halogens is 1. The van der Waals surface area contributed by atoms with Gasteiger partial charge in [-0.1, -0.05) is 6.92 Å². The maximum absolute atomic E-state index is 12.3. The molecule has 2 aliphatic rings. The first-order valence-corrected chi connectivity index (χ1v) is 7.61. The van der Waals surface area contributed by atoms with Crippen LogP contribution in [0.5, 0.6) is 0 Å². The minimum atomic E-state index is 0.0895. The summed E-state index contributed by atoms with van der Waals surface area (Å²) in [7, 11) is 0. The van der Waals surface area contributed by atoms with Crippen LogP contribution in [0.3, 0.4) is 0 Å².